The van der Waals surface area contributed by atoms with Gasteiger partial charge in [0.25, 0.3) is 0 Å². The molecule has 0 aromatic carbocycles. The van der Waals surface area contributed by atoms with E-state index in [1.807, 2.05) is 19.0 Å². The third kappa shape index (κ3) is 3.10. The molecular formula is C11H18N4O2S. The molecule has 0 bridgehead atoms. The molecule has 100 valence electrons. The predicted octanol–water partition coefficient (Wildman–Crippen LogP) is 1.66. The monoisotopic (exact) mass is 270 g/mol. The van der Waals surface area contributed by atoms with Gasteiger partial charge in [0.1, 0.15) is 0 Å². The topological polar surface area (TPSA) is 78.4 Å². The van der Waals surface area contributed by atoms with E-state index in [9.17, 15) is 4.79 Å². The quantitative estimate of drug-likeness (QED) is 0.866. The van der Waals surface area contributed by atoms with Crippen LogP contribution in [0.25, 0.3) is 0 Å². The molecule has 1 aromatic rings. The van der Waals surface area contributed by atoms with Gasteiger partial charge in [-0.1, -0.05) is 0 Å². The van der Waals surface area contributed by atoms with Gasteiger partial charge < -0.3 is 15.3 Å². The van der Waals surface area contributed by atoms with Crippen LogP contribution in [0.2, 0.25) is 0 Å². The minimum absolute atomic E-state index is 0.171. The van der Waals surface area contributed by atoms with Crippen molar-refractivity contribution in [2.45, 2.75) is 31.7 Å². The molecule has 0 radical (unpaired) electrons. The number of aromatic nitrogens is 2. The summed E-state index contributed by atoms with van der Waals surface area (Å²) in [5, 5.41) is 13.1. The summed E-state index contributed by atoms with van der Waals surface area (Å²) in [6.07, 6.45) is 3.25. The third-order valence-corrected chi connectivity index (χ3v) is 3.86. The molecule has 1 aliphatic rings. The summed E-state index contributed by atoms with van der Waals surface area (Å²) in [7, 11) is 3.81. The summed E-state index contributed by atoms with van der Waals surface area (Å²) in [5.41, 5.74) is 0. The Kier molecular flexibility index (Phi) is 4.00. The van der Waals surface area contributed by atoms with Crippen LogP contribution in [-0.4, -0.2) is 40.6 Å². The van der Waals surface area contributed by atoms with E-state index in [-0.39, 0.29) is 5.92 Å². The van der Waals surface area contributed by atoms with Gasteiger partial charge in [-0.3, -0.25) is 4.79 Å². The van der Waals surface area contributed by atoms with Gasteiger partial charge >= 0.3 is 5.97 Å². The van der Waals surface area contributed by atoms with Crippen molar-refractivity contribution in [1.82, 2.24) is 9.36 Å². The number of nitrogens with one attached hydrogen (secondary N) is 1. The van der Waals surface area contributed by atoms with Gasteiger partial charge in [-0.25, -0.2) is 0 Å². The summed E-state index contributed by atoms with van der Waals surface area (Å²) in [6, 6.07) is 0.323. The van der Waals surface area contributed by atoms with E-state index in [4.69, 9.17) is 5.11 Å². The number of nitrogens with zero attached hydrogens (tertiary/aromatic N) is 3. The number of hydrogen-bond acceptors (Lipinski definition) is 6. The highest BCUT2D eigenvalue weighted by Gasteiger charge is 2.26. The van der Waals surface area contributed by atoms with E-state index >= 15 is 0 Å². The van der Waals surface area contributed by atoms with E-state index in [0.717, 1.165) is 30.8 Å². The van der Waals surface area contributed by atoms with Crippen molar-refractivity contribution >= 4 is 28.6 Å². The molecule has 2 rings (SSSR count). The second kappa shape index (κ2) is 5.51. The fourth-order valence-electron chi connectivity index (χ4n) is 2.12. The summed E-state index contributed by atoms with van der Waals surface area (Å²) in [6.45, 7) is 0. The largest absolute Gasteiger partial charge is 0.481 e. The second-order valence-corrected chi connectivity index (χ2v) is 5.58. The van der Waals surface area contributed by atoms with Gasteiger partial charge in [0.2, 0.25) is 11.1 Å². The lowest BCUT2D eigenvalue weighted by Crippen LogP contribution is -2.29. The molecule has 1 fully saturated rings. The molecule has 2 N–H and O–H groups in total. The van der Waals surface area contributed by atoms with Crippen LogP contribution in [0, 0.1) is 5.92 Å². The van der Waals surface area contributed by atoms with Crippen molar-refractivity contribution in [3.05, 3.63) is 0 Å². The van der Waals surface area contributed by atoms with Gasteiger partial charge in [-0.15, -0.1) is 0 Å². The van der Waals surface area contributed by atoms with E-state index in [0.29, 0.717) is 12.0 Å². The standard InChI is InChI=1S/C11H18N4O2S/c1-15(2)10-13-11(18-14-10)12-8-5-3-7(4-6-8)9(16)17/h7-8H,3-6H2,1-2H3,(H,16,17)(H,12,13,14). The van der Waals surface area contributed by atoms with Crippen LogP contribution in [0.3, 0.4) is 0 Å². The van der Waals surface area contributed by atoms with Crippen LogP contribution in [0.15, 0.2) is 0 Å². The normalized spacial score (nSPS) is 23.7. The average molecular weight is 270 g/mol. The summed E-state index contributed by atoms with van der Waals surface area (Å²) in [4.78, 5) is 17.1. The maximum Gasteiger partial charge on any atom is 0.306 e. The first-order chi connectivity index (χ1) is 8.56. The van der Waals surface area contributed by atoms with E-state index in [2.05, 4.69) is 14.7 Å². The second-order valence-electron chi connectivity index (χ2n) is 4.83. The van der Waals surface area contributed by atoms with Crippen molar-refractivity contribution in [3.8, 4) is 0 Å². The molecule has 1 aromatic heterocycles. The maximum absolute atomic E-state index is 10.9. The SMILES string of the molecule is CN(C)c1nsc(NC2CCC(C(=O)O)CC2)n1. The third-order valence-electron chi connectivity index (χ3n) is 3.22. The zero-order chi connectivity index (χ0) is 13.1. The molecule has 0 spiro atoms. The molecule has 1 aliphatic carbocycles. The van der Waals surface area contributed by atoms with Gasteiger partial charge in [0.05, 0.1) is 5.92 Å². The fraction of sp³-hybridized carbons (Fsp3) is 0.727. The number of carboxylic acids is 1. The van der Waals surface area contributed by atoms with Crippen LogP contribution in [0.4, 0.5) is 11.1 Å². The Hall–Kier alpha value is -1.37. The van der Waals surface area contributed by atoms with Crippen molar-refractivity contribution in [3.63, 3.8) is 0 Å². The predicted molar refractivity (Wildman–Crippen MR) is 71.2 cm³/mol. The molecule has 0 amide bonds. The Morgan fingerprint density at radius 2 is 2.06 bits per heavy atom. The molecular weight excluding hydrogens is 252 g/mol. The van der Waals surface area contributed by atoms with Gasteiger partial charge in [-0.05, 0) is 25.7 Å². The molecule has 6 nitrogen and oxygen atoms in total. The minimum atomic E-state index is -0.667. The molecule has 0 atom stereocenters. The van der Waals surface area contributed by atoms with Crippen LogP contribution < -0.4 is 10.2 Å². The number of anilines is 2. The number of rotatable bonds is 4. The molecule has 0 unspecified atom stereocenters. The Bertz CT molecular complexity index is 413. The molecule has 0 aliphatic heterocycles. The summed E-state index contributed by atoms with van der Waals surface area (Å²) >= 11 is 1.35. The van der Waals surface area contributed by atoms with Crippen molar-refractivity contribution in [2.75, 3.05) is 24.3 Å². The van der Waals surface area contributed by atoms with Crippen LogP contribution in [-0.2, 0) is 4.79 Å². The van der Waals surface area contributed by atoms with E-state index < -0.39 is 5.97 Å². The Labute approximate surface area is 110 Å². The average Bonchev–Trinajstić information content (AvgIpc) is 2.78. The van der Waals surface area contributed by atoms with E-state index in [1.165, 1.54) is 11.5 Å². The zero-order valence-corrected chi connectivity index (χ0v) is 11.4. The van der Waals surface area contributed by atoms with Crippen molar-refractivity contribution < 1.29 is 9.90 Å². The Balaban J connectivity index is 1.85. The summed E-state index contributed by atoms with van der Waals surface area (Å²) in [5.74, 6) is -0.129. The highest BCUT2D eigenvalue weighted by Crippen LogP contribution is 2.27. The molecule has 18 heavy (non-hydrogen) atoms. The lowest BCUT2D eigenvalue weighted by molar-refractivity contribution is -0.142. The first kappa shape index (κ1) is 13.1. The van der Waals surface area contributed by atoms with Gasteiger partial charge in [-0.2, -0.15) is 9.36 Å². The van der Waals surface area contributed by atoms with Crippen LogP contribution in [0.1, 0.15) is 25.7 Å². The number of aliphatic carboxylic acids is 1. The Morgan fingerprint density at radius 3 is 2.56 bits per heavy atom. The first-order valence-corrected chi connectivity index (χ1v) is 6.84. The maximum atomic E-state index is 10.9. The highest BCUT2D eigenvalue weighted by molar-refractivity contribution is 7.09. The van der Waals surface area contributed by atoms with Crippen LogP contribution in [0.5, 0.6) is 0 Å². The van der Waals surface area contributed by atoms with Crippen molar-refractivity contribution in [1.29, 1.82) is 0 Å². The molecule has 1 saturated carbocycles. The van der Waals surface area contributed by atoms with Gasteiger partial charge in [0, 0.05) is 31.7 Å². The number of carbonyl (C=O) groups is 1. The smallest absolute Gasteiger partial charge is 0.306 e. The molecule has 7 heteroatoms. The van der Waals surface area contributed by atoms with Gasteiger partial charge in [0.15, 0.2) is 0 Å². The first-order valence-electron chi connectivity index (χ1n) is 6.06. The zero-order valence-electron chi connectivity index (χ0n) is 10.6. The molecule has 1 heterocycles. The fourth-order valence-corrected chi connectivity index (χ4v) is 2.83. The number of carboxylic acid groups (broad SMARTS) is 1. The molecule has 0 saturated heterocycles. The minimum Gasteiger partial charge on any atom is -0.481 e. The Morgan fingerprint density at radius 1 is 1.39 bits per heavy atom. The highest BCUT2D eigenvalue weighted by atomic mass is 32.1. The number of hydrogen-bond donors (Lipinski definition) is 2. The lowest BCUT2D eigenvalue weighted by Gasteiger charge is -2.26. The van der Waals surface area contributed by atoms with Crippen molar-refractivity contribution in [2.24, 2.45) is 5.92 Å². The lowest BCUT2D eigenvalue weighted by atomic mass is 9.86. The summed E-state index contributed by atoms with van der Waals surface area (Å²) < 4.78 is 4.22. The van der Waals surface area contributed by atoms with E-state index in [1.54, 1.807) is 0 Å². The van der Waals surface area contributed by atoms with Crippen LogP contribution >= 0.6 is 11.5 Å².